The van der Waals surface area contributed by atoms with Crippen molar-refractivity contribution in [1.82, 2.24) is 10.2 Å². The Kier molecular flexibility index (Phi) is 6.23. The van der Waals surface area contributed by atoms with Gasteiger partial charge in [0.1, 0.15) is 5.82 Å². The second kappa shape index (κ2) is 8.63. The molecule has 5 nitrogen and oxygen atoms in total. The van der Waals surface area contributed by atoms with Crippen LogP contribution in [0.3, 0.4) is 0 Å². The SMILES string of the molecule is CC(=O)c1ccc(N2CCN(CC(=O)NCc3sccc3C)CC2)c(F)c1. The van der Waals surface area contributed by atoms with E-state index < -0.39 is 0 Å². The van der Waals surface area contributed by atoms with Crippen LogP contribution in [0, 0.1) is 12.7 Å². The Hall–Kier alpha value is -2.25. The molecular formula is C20H24FN3O2S. The second-order valence-corrected chi connectivity index (χ2v) is 7.79. The molecule has 0 saturated carbocycles. The van der Waals surface area contributed by atoms with Gasteiger partial charge in [0, 0.05) is 36.6 Å². The number of rotatable bonds is 6. The lowest BCUT2D eigenvalue weighted by Crippen LogP contribution is -2.49. The molecule has 1 N–H and O–H groups in total. The normalized spacial score (nSPS) is 15.0. The number of hydrogen-bond donors (Lipinski definition) is 1. The van der Waals surface area contributed by atoms with Crippen molar-refractivity contribution in [3.63, 3.8) is 0 Å². The van der Waals surface area contributed by atoms with E-state index in [1.54, 1.807) is 23.5 Å². The van der Waals surface area contributed by atoms with Crippen LogP contribution in [0.1, 0.15) is 27.7 Å². The molecule has 1 aromatic carbocycles. The van der Waals surface area contributed by atoms with Gasteiger partial charge in [0.2, 0.25) is 5.91 Å². The molecule has 27 heavy (non-hydrogen) atoms. The molecule has 2 aromatic rings. The number of hydrogen-bond acceptors (Lipinski definition) is 5. The molecule has 1 aliphatic rings. The number of nitrogens with zero attached hydrogens (tertiary/aromatic N) is 2. The molecule has 0 atom stereocenters. The Bertz CT molecular complexity index is 828. The van der Waals surface area contributed by atoms with Gasteiger partial charge in [-0.15, -0.1) is 11.3 Å². The van der Waals surface area contributed by atoms with Crippen molar-refractivity contribution < 1.29 is 14.0 Å². The van der Waals surface area contributed by atoms with E-state index in [0.29, 0.717) is 50.5 Å². The number of Topliss-reactive ketones (excluding diaryl/α,β-unsaturated/α-hetero) is 1. The summed E-state index contributed by atoms with van der Waals surface area (Å²) in [6, 6.07) is 6.67. The molecule has 0 radical (unpaired) electrons. The number of thiophene rings is 1. The van der Waals surface area contributed by atoms with Crippen molar-refractivity contribution in [3.05, 3.63) is 51.5 Å². The predicted molar refractivity (Wildman–Crippen MR) is 106 cm³/mol. The Morgan fingerprint density at radius 2 is 1.93 bits per heavy atom. The number of piperazine rings is 1. The number of nitrogens with one attached hydrogen (secondary N) is 1. The third-order valence-electron chi connectivity index (χ3n) is 4.85. The van der Waals surface area contributed by atoms with Gasteiger partial charge in [-0.3, -0.25) is 14.5 Å². The Morgan fingerprint density at radius 1 is 1.19 bits per heavy atom. The van der Waals surface area contributed by atoms with Crippen molar-refractivity contribution >= 4 is 28.7 Å². The zero-order valence-electron chi connectivity index (χ0n) is 15.6. The highest BCUT2D eigenvalue weighted by Crippen LogP contribution is 2.22. The van der Waals surface area contributed by atoms with Gasteiger partial charge in [-0.2, -0.15) is 0 Å². The first-order valence-corrected chi connectivity index (χ1v) is 9.89. The zero-order valence-corrected chi connectivity index (χ0v) is 16.4. The fraction of sp³-hybridized carbons (Fsp3) is 0.400. The smallest absolute Gasteiger partial charge is 0.234 e. The van der Waals surface area contributed by atoms with Crippen LogP contribution in [0.15, 0.2) is 29.6 Å². The molecule has 1 fully saturated rings. The molecular weight excluding hydrogens is 365 g/mol. The lowest BCUT2D eigenvalue weighted by atomic mass is 10.1. The Balaban J connectivity index is 1.48. The van der Waals surface area contributed by atoms with Gasteiger partial charge in [-0.05, 0) is 49.1 Å². The van der Waals surface area contributed by atoms with Gasteiger partial charge in [-0.1, -0.05) is 0 Å². The molecule has 1 aromatic heterocycles. The first-order chi connectivity index (χ1) is 12.9. The Labute approximate surface area is 162 Å². The van der Waals surface area contributed by atoms with E-state index >= 15 is 0 Å². The highest BCUT2D eigenvalue weighted by atomic mass is 32.1. The maximum atomic E-state index is 14.3. The number of aryl methyl sites for hydroxylation is 1. The first kappa shape index (κ1) is 19.5. The summed E-state index contributed by atoms with van der Waals surface area (Å²) in [5, 5.41) is 4.99. The topological polar surface area (TPSA) is 52.7 Å². The summed E-state index contributed by atoms with van der Waals surface area (Å²) in [7, 11) is 0. The predicted octanol–water partition coefficient (Wildman–Crippen LogP) is 2.84. The maximum absolute atomic E-state index is 14.3. The van der Waals surface area contributed by atoms with E-state index in [1.165, 1.54) is 23.4 Å². The van der Waals surface area contributed by atoms with Crippen molar-refractivity contribution in [2.24, 2.45) is 0 Å². The van der Waals surface area contributed by atoms with E-state index in [1.807, 2.05) is 23.3 Å². The molecule has 0 bridgehead atoms. The largest absolute Gasteiger partial charge is 0.367 e. The summed E-state index contributed by atoms with van der Waals surface area (Å²) >= 11 is 1.65. The van der Waals surface area contributed by atoms with Gasteiger partial charge in [-0.25, -0.2) is 4.39 Å². The minimum Gasteiger partial charge on any atom is -0.367 e. The number of halogens is 1. The molecule has 144 valence electrons. The van der Waals surface area contributed by atoms with E-state index in [9.17, 15) is 14.0 Å². The fourth-order valence-corrected chi connectivity index (χ4v) is 4.00. The minimum absolute atomic E-state index is 0.00763. The molecule has 0 aliphatic carbocycles. The lowest BCUT2D eigenvalue weighted by molar-refractivity contribution is -0.122. The molecule has 1 saturated heterocycles. The molecule has 1 amide bonds. The average Bonchev–Trinajstić information content (AvgIpc) is 3.05. The minimum atomic E-state index is -0.375. The third-order valence-corrected chi connectivity index (χ3v) is 5.87. The van der Waals surface area contributed by atoms with Gasteiger partial charge in [0.05, 0.1) is 18.8 Å². The maximum Gasteiger partial charge on any atom is 0.234 e. The van der Waals surface area contributed by atoms with Crippen molar-refractivity contribution in [2.45, 2.75) is 20.4 Å². The van der Waals surface area contributed by atoms with Gasteiger partial charge in [0.15, 0.2) is 5.78 Å². The highest BCUT2D eigenvalue weighted by molar-refractivity contribution is 7.10. The van der Waals surface area contributed by atoms with Crippen LogP contribution in [0.2, 0.25) is 0 Å². The first-order valence-electron chi connectivity index (χ1n) is 9.01. The third kappa shape index (κ3) is 4.93. The van der Waals surface area contributed by atoms with Crippen molar-refractivity contribution in [2.75, 3.05) is 37.6 Å². The van der Waals surface area contributed by atoms with Crippen molar-refractivity contribution in [3.8, 4) is 0 Å². The lowest BCUT2D eigenvalue weighted by Gasteiger charge is -2.35. The second-order valence-electron chi connectivity index (χ2n) is 6.79. The van der Waals surface area contributed by atoms with Crippen LogP contribution in [0.25, 0.3) is 0 Å². The van der Waals surface area contributed by atoms with Crippen LogP contribution in [0.5, 0.6) is 0 Å². The van der Waals surface area contributed by atoms with E-state index in [4.69, 9.17) is 0 Å². The number of benzene rings is 1. The van der Waals surface area contributed by atoms with Crippen LogP contribution in [-0.2, 0) is 11.3 Å². The summed E-state index contributed by atoms with van der Waals surface area (Å²) in [6.45, 7) is 7.07. The summed E-state index contributed by atoms with van der Waals surface area (Å²) < 4.78 is 14.3. The highest BCUT2D eigenvalue weighted by Gasteiger charge is 2.21. The standard InChI is InChI=1S/C20H24FN3O2S/c1-14-5-10-27-19(14)12-22-20(26)13-23-6-8-24(9-7-23)18-4-3-16(15(2)25)11-17(18)21/h3-5,10-11H,6-9,12-13H2,1-2H3,(H,22,26). The number of carbonyl (C=O) groups excluding carboxylic acids is 2. The molecule has 0 unspecified atom stereocenters. The molecule has 7 heteroatoms. The average molecular weight is 389 g/mol. The van der Waals surface area contributed by atoms with Crippen LogP contribution < -0.4 is 10.2 Å². The molecule has 1 aliphatic heterocycles. The molecule has 3 rings (SSSR count). The molecule has 0 spiro atoms. The zero-order chi connectivity index (χ0) is 19.4. The monoisotopic (exact) mass is 389 g/mol. The summed E-state index contributed by atoms with van der Waals surface area (Å²) in [5.41, 5.74) is 2.09. The summed E-state index contributed by atoms with van der Waals surface area (Å²) in [4.78, 5) is 28.7. The quantitative estimate of drug-likeness (QED) is 0.772. The summed E-state index contributed by atoms with van der Waals surface area (Å²) in [5.74, 6) is -0.512. The van der Waals surface area contributed by atoms with E-state index in [2.05, 4.69) is 10.2 Å². The number of carbonyl (C=O) groups is 2. The molecule has 2 heterocycles. The van der Waals surface area contributed by atoms with Crippen molar-refractivity contribution in [1.29, 1.82) is 0 Å². The fourth-order valence-electron chi connectivity index (χ4n) is 3.15. The Morgan fingerprint density at radius 3 is 2.52 bits per heavy atom. The summed E-state index contributed by atoms with van der Waals surface area (Å²) in [6.07, 6.45) is 0. The number of amides is 1. The number of anilines is 1. The van der Waals surface area contributed by atoms with Gasteiger partial charge < -0.3 is 10.2 Å². The van der Waals surface area contributed by atoms with Gasteiger partial charge in [0.25, 0.3) is 0 Å². The van der Waals surface area contributed by atoms with E-state index in [-0.39, 0.29) is 17.5 Å². The van der Waals surface area contributed by atoms with Crippen LogP contribution >= 0.6 is 11.3 Å². The number of ketones is 1. The van der Waals surface area contributed by atoms with Gasteiger partial charge >= 0.3 is 0 Å². The van der Waals surface area contributed by atoms with Crippen LogP contribution in [-0.4, -0.2) is 49.3 Å². The van der Waals surface area contributed by atoms with Crippen LogP contribution in [0.4, 0.5) is 10.1 Å². The van der Waals surface area contributed by atoms with E-state index in [0.717, 1.165) is 0 Å².